The van der Waals surface area contributed by atoms with Crippen LogP contribution in [0.1, 0.15) is 39.5 Å². The molecule has 0 aromatic rings. The van der Waals surface area contributed by atoms with E-state index in [-0.39, 0.29) is 0 Å². The second-order valence-corrected chi connectivity index (χ2v) is 8.00. The summed E-state index contributed by atoms with van der Waals surface area (Å²) in [7, 11) is 2.32. The van der Waals surface area contributed by atoms with Crippen molar-refractivity contribution in [3.8, 4) is 0 Å². The van der Waals surface area contributed by atoms with E-state index in [9.17, 15) is 0 Å². The van der Waals surface area contributed by atoms with E-state index in [2.05, 4.69) is 40.5 Å². The normalized spacial score (nSPS) is 30.8. The van der Waals surface area contributed by atoms with E-state index in [4.69, 9.17) is 0 Å². The van der Waals surface area contributed by atoms with Gasteiger partial charge in [0, 0.05) is 57.4 Å². The molecule has 0 aromatic heterocycles. The van der Waals surface area contributed by atoms with Crippen LogP contribution in [0.5, 0.6) is 0 Å². The van der Waals surface area contributed by atoms with Crippen molar-refractivity contribution in [3.05, 3.63) is 0 Å². The Labute approximate surface area is 137 Å². The highest BCUT2D eigenvalue weighted by Crippen LogP contribution is 2.21. The molecule has 128 valence electrons. The molecule has 3 fully saturated rings. The fourth-order valence-corrected chi connectivity index (χ4v) is 4.42. The standard InChI is InChI=1S/C18H36N4/c1-16(2)21-10-12-22(13-11-21)18-14-20(15-18)9-7-17-6-4-5-8-19(17)3/h16-18H,4-15H2,1-3H3. The van der Waals surface area contributed by atoms with Crippen LogP contribution in [0.25, 0.3) is 0 Å². The van der Waals surface area contributed by atoms with Gasteiger partial charge < -0.3 is 9.80 Å². The van der Waals surface area contributed by atoms with Gasteiger partial charge in [0.15, 0.2) is 0 Å². The summed E-state index contributed by atoms with van der Waals surface area (Å²) in [5, 5.41) is 0. The third-order valence-corrected chi connectivity index (χ3v) is 6.23. The van der Waals surface area contributed by atoms with Crippen molar-refractivity contribution in [2.24, 2.45) is 0 Å². The summed E-state index contributed by atoms with van der Waals surface area (Å²) in [5.41, 5.74) is 0. The molecule has 4 nitrogen and oxygen atoms in total. The predicted molar refractivity (Wildman–Crippen MR) is 93.4 cm³/mol. The van der Waals surface area contributed by atoms with Crippen molar-refractivity contribution in [1.82, 2.24) is 19.6 Å². The fraction of sp³-hybridized carbons (Fsp3) is 1.00. The van der Waals surface area contributed by atoms with Gasteiger partial charge in [0.1, 0.15) is 0 Å². The zero-order valence-electron chi connectivity index (χ0n) is 15.0. The smallest absolute Gasteiger partial charge is 0.0351 e. The minimum atomic E-state index is 0.715. The maximum atomic E-state index is 2.74. The van der Waals surface area contributed by atoms with E-state index in [0.29, 0.717) is 6.04 Å². The molecule has 3 saturated heterocycles. The zero-order chi connectivity index (χ0) is 15.5. The summed E-state index contributed by atoms with van der Waals surface area (Å²) >= 11 is 0. The quantitative estimate of drug-likeness (QED) is 0.764. The molecular weight excluding hydrogens is 272 g/mol. The summed E-state index contributed by atoms with van der Waals surface area (Å²) in [4.78, 5) is 10.6. The minimum Gasteiger partial charge on any atom is -0.303 e. The lowest BCUT2D eigenvalue weighted by Gasteiger charge is -2.49. The van der Waals surface area contributed by atoms with Gasteiger partial charge in [-0.2, -0.15) is 0 Å². The zero-order valence-corrected chi connectivity index (χ0v) is 15.0. The third-order valence-electron chi connectivity index (χ3n) is 6.23. The summed E-state index contributed by atoms with van der Waals surface area (Å²) in [6.45, 7) is 15.0. The Morgan fingerprint density at radius 1 is 0.955 bits per heavy atom. The average molecular weight is 309 g/mol. The van der Waals surface area contributed by atoms with Crippen molar-refractivity contribution < 1.29 is 0 Å². The SMILES string of the molecule is CC(C)N1CCN(C2CN(CCC3CCCCN3C)C2)CC1. The maximum absolute atomic E-state index is 2.74. The lowest BCUT2D eigenvalue weighted by Crippen LogP contribution is -2.63. The van der Waals surface area contributed by atoms with Crippen LogP contribution in [-0.2, 0) is 0 Å². The van der Waals surface area contributed by atoms with E-state index in [1.807, 2.05) is 0 Å². The van der Waals surface area contributed by atoms with Gasteiger partial charge >= 0.3 is 0 Å². The summed E-state index contributed by atoms with van der Waals surface area (Å²) < 4.78 is 0. The molecule has 0 saturated carbocycles. The van der Waals surface area contributed by atoms with Crippen molar-refractivity contribution >= 4 is 0 Å². The lowest BCUT2D eigenvalue weighted by atomic mass is 9.98. The highest BCUT2D eigenvalue weighted by molar-refractivity contribution is 4.91. The van der Waals surface area contributed by atoms with E-state index in [1.54, 1.807) is 0 Å². The number of likely N-dealkylation sites (tertiary alicyclic amines) is 2. The molecule has 0 spiro atoms. The van der Waals surface area contributed by atoms with Crippen LogP contribution < -0.4 is 0 Å². The molecule has 0 radical (unpaired) electrons. The Hall–Kier alpha value is -0.160. The van der Waals surface area contributed by atoms with Gasteiger partial charge in [-0.15, -0.1) is 0 Å². The molecule has 0 amide bonds. The largest absolute Gasteiger partial charge is 0.303 e. The van der Waals surface area contributed by atoms with E-state index >= 15 is 0 Å². The molecule has 1 atom stereocenters. The van der Waals surface area contributed by atoms with Gasteiger partial charge in [0.05, 0.1) is 0 Å². The molecule has 3 heterocycles. The molecule has 3 aliphatic rings. The van der Waals surface area contributed by atoms with Gasteiger partial charge in [-0.05, 0) is 53.2 Å². The van der Waals surface area contributed by atoms with Gasteiger partial charge in [-0.3, -0.25) is 9.80 Å². The van der Waals surface area contributed by atoms with Crippen LogP contribution in [0.4, 0.5) is 0 Å². The molecule has 22 heavy (non-hydrogen) atoms. The van der Waals surface area contributed by atoms with E-state index < -0.39 is 0 Å². The van der Waals surface area contributed by atoms with Crippen LogP contribution in [0.3, 0.4) is 0 Å². The maximum Gasteiger partial charge on any atom is 0.0351 e. The topological polar surface area (TPSA) is 13.0 Å². The van der Waals surface area contributed by atoms with Crippen molar-refractivity contribution in [2.75, 3.05) is 59.4 Å². The Morgan fingerprint density at radius 3 is 2.32 bits per heavy atom. The number of hydrogen-bond donors (Lipinski definition) is 0. The van der Waals surface area contributed by atoms with E-state index in [0.717, 1.165) is 12.1 Å². The molecule has 0 N–H and O–H groups in total. The molecule has 4 heteroatoms. The monoisotopic (exact) mass is 308 g/mol. The van der Waals surface area contributed by atoms with E-state index in [1.165, 1.54) is 78.0 Å². The first kappa shape index (κ1) is 16.7. The van der Waals surface area contributed by atoms with Crippen molar-refractivity contribution in [1.29, 1.82) is 0 Å². The molecular formula is C18H36N4. The predicted octanol–water partition coefficient (Wildman–Crippen LogP) is 1.57. The van der Waals surface area contributed by atoms with Gasteiger partial charge in [0.2, 0.25) is 0 Å². The van der Waals surface area contributed by atoms with Gasteiger partial charge in [0.25, 0.3) is 0 Å². The summed E-state index contributed by atoms with van der Waals surface area (Å²) in [6.07, 6.45) is 5.65. The van der Waals surface area contributed by atoms with Crippen molar-refractivity contribution in [2.45, 2.75) is 57.7 Å². The highest BCUT2D eigenvalue weighted by Gasteiger charge is 2.34. The fourth-order valence-electron chi connectivity index (χ4n) is 4.42. The van der Waals surface area contributed by atoms with Gasteiger partial charge in [-0.1, -0.05) is 6.42 Å². The third kappa shape index (κ3) is 4.02. The number of rotatable bonds is 5. The van der Waals surface area contributed by atoms with Crippen molar-refractivity contribution in [3.63, 3.8) is 0 Å². The average Bonchev–Trinajstić information content (AvgIpc) is 2.48. The second-order valence-electron chi connectivity index (χ2n) is 8.00. The minimum absolute atomic E-state index is 0.715. The molecule has 3 rings (SSSR count). The molecule has 1 unspecified atom stereocenters. The first-order valence-corrected chi connectivity index (χ1v) is 9.54. The molecule has 0 bridgehead atoms. The molecule has 0 aliphatic carbocycles. The van der Waals surface area contributed by atoms with Crippen LogP contribution in [0, 0.1) is 0 Å². The number of piperazine rings is 1. The highest BCUT2D eigenvalue weighted by atomic mass is 15.4. The Balaban J connectivity index is 1.31. The first-order valence-electron chi connectivity index (χ1n) is 9.54. The number of nitrogens with zero attached hydrogens (tertiary/aromatic N) is 4. The number of hydrogen-bond acceptors (Lipinski definition) is 4. The Kier molecular flexibility index (Phi) is 5.77. The molecule has 0 aromatic carbocycles. The second kappa shape index (κ2) is 7.61. The Bertz CT molecular complexity index is 332. The summed E-state index contributed by atoms with van der Waals surface area (Å²) in [5.74, 6) is 0. The number of piperidine rings is 1. The van der Waals surface area contributed by atoms with Crippen LogP contribution in [-0.4, -0.2) is 97.1 Å². The van der Waals surface area contributed by atoms with Crippen LogP contribution >= 0.6 is 0 Å². The van der Waals surface area contributed by atoms with Gasteiger partial charge in [-0.25, -0.2) is 0 Å². The van der Waals surface area contributed by atoms with Crippen LogP contribution in [0.15, 0.2) is 0 Å². The van der Waals surface area contributed by atoms with Crippen LogP contribution in [0.2, 0.25) is 0 Å². The summed E-state index contributed by atoms with van der Waals surface area (Å²) in [6, 6.07) is 2.41. The molecule has 3 aliphatic heterocycles. The first-order chi connectivity index (χ1) is 10.6. The Morgan fingerprint density at radius 2 is 1.68 bits per heavy atom. The lowest BCUT2D eigenvalue weighted by molar-refractivity contribution is -0.00440.